The first-order chi connectivity index (χ1) is 11.9. The Labute approximate surface area is 148 Å². The summed E-state index contributed by atoms with van der Waals surface area (Å²) in [6.45, 7) is 3.30. The third-order valence-corrected chi connectivity index (χ3v) is 6.94. The molecule has 1 aliphatic carbocycles. The number of ether oxygens (including phenoxy) is 1. The summed E-state index contributed by atoms with van der Waals surface area (Å²) in [5.74, 6) is -0.0699. The van der Waals surface area contributed by atoms with Gasteiger partial charge in [0.05, 0.1) is 29.3 Å². The zero-order valence-electron chi connectivity index (χ0n) is 14.8. The van der Waals surface area contributed by atoms with Gasteiger partial charge in [-0.25, -0.2) is 13.2 Å². The predicted molar refractivity (Wildman–Crippen MR) is 93.0 cm³/mol. The van der Waals surface area contributed by atoms with Crippen molar-refractivity contribution < 1.29 is 17.9 Å². The second kappa shape index (κ2) is 6.95. The van der Waals surface area contributed by atoms with Crippen molar-refractivity contribution in [2.45, 2.75) is 44.4 Å². The molecule has 1 atom stereocenters. The third-order valence-electron chi connectivity index (χ3n) is 5.31. The van der Waals surface area contributed by atoms with Gasteiger partial charge in [0.15, 0.2) is 9.84 Å². The number of aryl methyl sites for hydroxylation is 1. The first-order valence-corrected chi connectivity index (χ1v) is 10.5. The van der Waals surface area contributed by atoms with Gasteiger partial charge in [-0.05, 0) is 26.2 Å². The summed E-state index contributed by atoms with van der Waals surface area (Å²) in [6.07, 6.45) is 6.44. The van der Waals surface area contributed by atoms with Gasteiger partial charge in [0, 0.05) is 38.5 Å². The molecule has 25 heavy (non-hydrogen) atoms. The Hall–Kier alpha value is -1.61. The average molecular weight is 370 g/mol. The highest BCUT2D eigenvalue weighted by atomic mass is 32.2. The largest absolute Gasteiger partial charge is 0.376 e. The van der Waals surface area contributed by atoms with Crippen LogP contribution in [0.3, 0.4) is 0 Å². The van der Waals surface area contributed by atoms with Crippen LogP contribution in [0.2, 0.25) is 0 Å². The minimum absolute atomic E-state index is 0.00570. The van der Waals surface area contributed by atoms with Gasteiger partial charge < -0.3 is 15.0 Å². The highest BCUT2D eigenvalue weighted by Gasteiger charge is 2.40. The zero-order valence-corrected chi connectivity index (χ0v) is 15.6. The van der Waals surface area contributed by atoms with Crippen LogP contribution in [-0.4, -0.2) is 66.4 Å². The van der Waals surface area contributed by atoms with Crippen molar-refractivity contribution in [2.75, 3.05) is 31.7 Å². The van der Waals surface area contributed by atoms with Crippen molar-refractivity contribution in [1.82, 2.24) is 20.0 Å². The predicted octanol–water partition coefficient (Wildman–Crippen LogP) is 0.953. The number of carbonyl (C=O) groups is 1. The van der Waals surface area contributed by atoms with Crippen molar-refractivity contribution in [3.05, 3.63) is 18.0 Å². The molecule has 1 saturated heterocycles. The van der Waals surface area contributed by atoms with Crippen molar-refractivity contribution >= 4 is 15.9 Å². The van der Waals surface area contributed by atoms with E-state index < -0.39 is 15.9 Å². The summed E-state index contributed by atoms with van der Waals surface area (Å²) < 4.78 is 31.5. The van der Waals surface area contributed by atoms with E-state index in [0.29, 0.717) is 13.1 Å². The van der Waals surface area contributed by atoms with Gasteiger partial charge in [0.2, 0.25) is 0 Å². The number of sulfone groups is 1. The Kier molecular flexibility index (Phi) is 5.06. The van der Waals surface area contributed by atoms with E-state index in [0.717, 1.165) is 24.8 Å². The van der Waals surface area contributed by atoms with Gasteiger partial charge in [-0.15, -0.1) is 0 Å². The van der Waals surface area contributed by atoms with Gasteiger partial charge in [-0.3, -0.25) is 4.68 Å². The molecule has 8 nitrogen and oxygen atoms in total. The lowest BCUT2D eigenvalue weighted by atomic mass is 9.80. The van der Waals surface area contributed by atoms with E-state index in [1.54, 1.807) is 22.9 Å². The van der Waals surface area contributed by atoms with Gasteiger partial charge in [0.1, 0.15) is 0 Å². The number of aromatic nitrogens is 2. The maximum absolute atomic E-state index is 12.7. The van der Waals surface area contributed by atoms with E-state index in [1.807, 2.05) is 13.1 Å². The lowest BCUT2D eigenvalue weighted by Crippen LogP contribution is -2.55. The van der Waals surface area contributed by atoms with Crippen LogP contribution in [0.1, 0.15) is 37.8 Å². The number of nitrogens with one attached hydrogen (secondary N) is 1. The Morgan fingerprint density at radius 1 is 1.48 bits per heavy atom. The fourth-order valence-corrected chi connectivity index (χ4v) is 4.91. The van der Waals surface area contributed by atoms with Crippen LogP contribution in [0.5, 0.6) is 0 Å². The molecule has 0 unspecified atom stereocenters. The maximum atomic E-state index is 12.7. The van der Waals surface area contributed by atoms with Crippen molar-refractivity contribution in [2.24, 2.45) is 0 Å². The zero-order chi connectivity index (χ0) is 18.1. The summed E-state index contributed by atoms with van der Waals surface area (Å²) in [5, 5.41) is 7.15. The molecule has 1 saturated carbocycles. The van der Waals surface area contributed by atoms with Crippen LogP contribution in [0, 0.1) is 0 Å². The molecule has 1 N–H and O–H groups in total. The molecule has 0 spiro atoms. The molecule has 2 heterocycles. The molecule has 9 heteroatoms. The van der Waals surface area contributed by atoms with Crippen LogP contribution >= 0.6 is 0 Å². The second-order valence-corrected chi connectivity index (χ2v) is 9.08. The van der Waals surface area contributed by atoms with Crippen LogP contribution < -0.4 is 5.32 Å². The Morgan fingerprint density at radius 3 is 2.80 bits per heavy atom. The minimum atomic E-state index is -3.17. The molecule has 1 aromatic heterocycles. The number of methoxy groups -OCH3 is 1. The minimum Gasteiger partial charge on any atom is -0.376 e. The number of hydrogen-bond acceptors (Lipinski definition) is 5. The fourth-order valence-electron chi connectivity index (χ4n) is 3.41. The first-order valence-electron chi connectivity index (χ1n) is 8.70. The van der Waals surface area contributed by atoms with Crippen LogP contribution in [0.4, 0.5) is 4.79 Å². The molecule has 140 valence electrons. The molecular weight excluding hydrogens is 344 g/mol. The molecular formula is C16H26N4O4S. The van der Waals surface area contributed by atoms with Gasteiger partial charge >= 0.3 is 6.03 Å². The summed E-state index contributed by atoms with van der Waals surface area (Å²) >= 11 is 0. The summed E-state index contributed by atoms with van der Waals surface area (Å²) in [6, 6.07) is -0.744. The highest BCUT2D eigenvalue weighted by molar-refractivity contribution is 7.91. The third kappa shape index (κ3) is 3.82. The topological polar surface area (TPSA) is 93.5 Å². The van der Waals surface area contributed by atoms with Crippen LogP contribution in [0.15, 0.2) is 12.4 Å². The number of carbonyl (C=O) groups excluding carboxylic acids is 1. The molecule has 1 aliphatic heterocycles. The van der Waals surface area contributed by atoms with E-state index in [4.69, 9.17) is 4.74 Å². The van der Waals surface area contributed by atoms with Crippen molar-refractivity contribution in [1.29, 1.82) is 0 Å². The van der Waals surface area contributed by atoms with Crippen LogP contribution in [-0.2, 0) is 21.1 Å². The van der Waals surface area contributed by atoms with Crippen LogP contribution in [0.25, 0.3) is 0 Å². The molecule has 2 amide bonds. The normalized spacial score (nSPS) is 24.6. The highest BCUT2D eigenvalue weighted by Crippen LogP contribution is 2.34. The maximum Gasteiger partial charge on any atom is 0.318 e. The molecule has 3 rings (SSSR count). The number of hydrogen-bond donors (Lipinski definition) is 1. The SMILES string of the molecule is CCn1cc([C@H]2CS(=O)(=O)CCN2C(=O)NCC2(OC)CCC2)cn1. The number of rotatable bonds is 5. The monoisotopic (exact) mass is 370 g/mol. The standard InChI is InChI=1S/C16H26N4O4S/c1-3-19-10-13(9-18-19)14-11-25(22,23)8-7-20(14)15(21)17-12-16(24-2)5-4-6-16/h9-10,14H,3-8,11-12H2,1-2H3,(H,17,21)/t14-/m1/s1. The summed E-state index contributed by atoms with van der Waals surface area (Å²) in [4.78, 5) is 14.3. The number of nitrogens with zero attached hydrogens (tertiary/aromatic N) is 3. The smallest absolute Gasteiger partial charge is 0.318 e. The summed E-state index contributed by atoms with van der Waals surface area (Å²) in [7, 11) is -1.50. The average Bonchev–Trinajstić information content (AvgIpc) is 3.02. The van der Waals surface area contributed by atoms with Crippen molar-refractivity contribution in [3.63, 3.8) is 0 Å². The Bertz CT molecular complexity index is 721. The van der Waals surface area contributed by atoms with E-state index in [2.05, 4.69) is 10.4 Å². The van der Waals surface area contributed by atoms with Gasteiger partial charge in [-0.1, -0.05) is 0 Å². The van der Waals surface area contributed by atoms with E-state index in [9.17, 15) is 13.2 Å². The quantitative estimate of drug-likeness (QED) is 0.833. The van der Waals surface area contributed by atoms with Crippen molar-refractivity contribution in [3.8, 4) is 0 Å². The molecule has 1 aromatic rings. The van der Waals surface area contributed by atoms with Gasteiger partial charge in [0.25, 0.3) is 0 Å². The van der Waals surface area contributed by atoms with E-state index in [-0.39, 0.29) is 29.7 Å². The first kappa shape index (κ1) is 18.2. The van der Waals surface area contributed by atoms with Gasteiger partial charge in [-0.2, -0.15) is 5.10 Å². The van der Waals surface area contributed by atoms with E-state index in [1.165, 1.54) is 0 Å². The second-order valence-electron chi connectivity index (χ2n) is 6.85. The molecule has 2 aliphatic rings. The molecule has 0 bridgehead atoms. The van der Waals surface area contributed by atoms with E-state index >= 15 is 0 Å². The lowest BCUT2D eigenvalue weighted by molar-refractivity contribution is -0.0680. The number of amides is 2. The summed E-state index contributed by atoms with van der Waals surface area (Å²) in [5.41, 5.74) is 0.491. The Morgan fingerprint density at radius 2 is 2.24 bits per heavy atom. The molecule has 0 radical (unpaired) electrons. The Balaban J connectivity index is 1.73. The fraction of sp³-hybridized carbons (Fsp3) is 0.750. The molecule has 0 aromatic carbocycles. The molecule has 2 fully saturated rings. The lowest BCUT2D eigenvalue weighted by Gasteiger charge is -2.41. The number of urea groups is 1.